The summed E-state index contributed by atoms with van der Waals surface area (Å²) in [5.41, 5.74) is 6.74. The Balaban J connectivity index is 1.63. The number of hydrogen-bond donors (Lipinski definition) is 2. The molecular formula is C30H31N3O2. The number of carbonyl (C=O) groups is 1. The lowest BCUT2D eigenvalue weighted by atomic mass is 9.95. The number of ketones is 1. The van der Waals surface area contributed by atoms with Crippen LogP contribution in [0.1, 0.15) is 60.6 Å². The summed E-state index contributed by atoms with van der Waals surface area (Å²) in [5.74, 6) is 0.613. The summed E-state index contributed by atoms with van der Waals surface area (Å²) >= 11 is 0. The zero-order chi connectivity index (χ0) is 24.2. The Morgan fingerprint density at radius 2 is 1.89 bits per heavy atom. The number of nitrogens with zero attached hydrogens (tertiary/aromatic N) is 2. The topological polar surface area (TPSA) is 75.1 Å². The van der Waals surface area contributed by atoms with Crippen molar-refractivity contribution in [3.05, 3.63) is 83.8 Å². The van der Waals surface area contributed by atoms with Gasteiger partial charge in [-0.3, -0.25) is 14.8 Å². The minimum atomic E-state index is -0.103. The summed E-state index contributed by atoms with van der Waals surface area (Å²) < 4.78 is 0. The summed E-state index contributed by atoms with van der Waals surface area (Å²) in [6.45, 7) is 2.07. The minimum Gasteiger partial charge on any atom is -0.392 e. The number of anilines is 2. The molecule has 5 nitrogen and oxygen atoms in total. The average Bonchev–Trinajstić information content (AvgIpc) is 3.71. The van der Waals surface area contributed by atoms with Gasteiger partial charge in [0.05, 0.1) is 23.4 Å². The molecule has 35 heavy (non-hydrogen) atoms. The zero-order valence-electron chi connectivity index (χ0n) is 20.1. The monoisotopic (exact) mass is 465 g/mol. The molecular weight excluding hydrogens is 434 g/mol. The van der Waals surface area contributed by atoms with Crippen LogP contribution >= 0.6 is 0 Å². The summed E-state index contributed by atoms with van der Waals surface area (Å²) in [5, 5.41) is 14.5. The Bertz CT molecular complexity index is 1330. The summed E-state index contributed by atoms with van der Waals surface area (Å²) in [4.78, 5) is 22.5. The Labute approximate surface area is 206 Å². The standard InChI is InChI=1S/C30H31N3O2/c1-2-3-7-23-13-12-21(17-31-23)25-16-26-28(15-22(25)19-34)32-18-27(29(35)14-20-10-11-20)30(26)33-24-8-5-4-6-9-24/h4-6,8-9,12-13,15-18,20,34H,2-3,7,10-11,14,19H2,1H3,(H,32,33). The van der Waals surface area contributed by atoms with Crippen LogP contribution in [0.2, 0.25) is 0 Å². The van der Waals surface area contributed by atoms with E-state index < -0.39 is 0 Å². The van der Waals surface area contributed by atoms with E-state index in [1.807, 2.05) is 48.7 Å². The maximum absolute atomic E-state index is 13.2. The van der Waals surface area contributed by atoms with Crippen LogP contribution in [0.15, 0.2) is 67.0 Å². The van der Waals surface area contributed by atoms with Crippen molar-refractivity contribution in [3.63, 3.8) is 0 Å². The van der Waals surface area contributed by atoms with Gasteiger partial charge in [-0.1, -0.05) is 37.6 Å². The van der Waals surface area contributed by atoms with Crippen molar-refractivity contribution in [3.8, 4) is 11.1 Å². The van der Waals surface area contributed by atoms with Crippen molar-refractivity contribution in [2.45, 2.75) is 52.1 Å². The fourth-order valence-electron chi connectivity index (χ4n) is 4.48. The Hall–Kier alpha value is -3.57. The van der Waals surface area contributed by atoms with E-state index in [-0.39, 0.29) is 12.4 Å². The minimum absolute atomic E-state index is 0.103. The summed E-state index contributed by atoms with van der Waals surface area (Å²) in [7, 11) is 0. The molecule has 4 aromatic rings. The lowest BCUT2D eigenvalue weighted by Crippen LogP contribution is -2.07. The molecule has 2 heterocycles. The molecule has 2 aromatic carbocycles. The maximum Gasteiger partial charge on any atom is 0.166 e. The van der Waals surface area contributed by atoms with Crippen molar-refractivity contribution in [1.82, 2.24) is 9.97 Å². The molecule has 1 aliphatic rings. The second kappa shape index (κ2) is 10.4. The van der Waals surface area contributed by atoms with Gasteiger partial charge in [0, 0.05) is 41.1 Å². The molecule has 178 valence electrons. The number of pyridine rings is 2. The van der Waals surface area contributed by atoms with Gasteiger partial charge in [0.2, 0.25) is 0 Å². The van der Waals surface area contributed by atoms with Crippen molar-refractivity contribution in [2.75, 3.05) is 5.32 Å². The number of Topliss-reactive ketones (excluding diaryl/α,β-unsaturated/α-hetero) is 1. The fraction of sp³-hybridized carbons (Fsp3) is 0.300. The third-order valence-corrected chi connectivity index (χ3v) is 6.70. The molecule has 5 heteroatoms. The highest BCUT2D eigenvalue weighted by atomic mass is 16.3. The number of benzene rings is 2. The van der Waals surface area contributed by atoms with Crippen LogP contribution in [0.4, 0.5) is 11.4 Å². The maximum atomic E-state index is 13.2. The van der Waals surface area contributed by atoms with Crippen LogP contribution in [-0.2, 0) is 13.0 Å². The summed E-state index contributed by atoms with van der Waals surface area (Å²) in [6, 6.07) is 18.0. The Morgan fingerprint density at radius 3 is 2.57 bits per heavy atom. The number of aliphatic hydroxyl groups excluding tert-OH is 1. The van der Waals surface area contributed by atoms with Gasteiger partial charge in [-0.25, -0.2) is 0 Å². The molecule has 1 aliphatic carbocycles. The second-order valence-electron chi connectivity index (χ2n) is 9.43. The first-order valence-corrected chi connectivity index (χ1v) is 12.5. The van der Waals surface area contributed by atoms with Crippen LogP contribution in [-0.4, -0.2) is 20.9 Å². The van der Waals surface area contributed by atoms with Gasteiger partial charge in [0.15, 0.2) is 5.78 Å². The molecule has 0 amide bonds. The Kier molecular flexibility index (Phi) is 6.87. The molecule has 0 bridgehead atoms. The SMILES string of the molecule is CCCCc1ccc(-c2cc3c(Nc4ccccc4)c(C(=O)CC4CC4)cnc3cc2CO)cn1. The molecule has 0 aliphatic heterocycles. The number of para-hydroxylation sites is 1. The van der Waals surface area contributed by atoms with Crippen molar-refractivity contribution in [1.29, 1.82) is 0 Å². The van der Waals surface area contributed by atoms with E-state index in [9.17, 15) is 9.90 Å². The first-order chi connectivity index (χ1) is 17.2. The Morgan fingerprint density at radius 1 is 1.06 bits per heavy atom. The summed E-state index contributed by atoms with van der Waals surface area (Å²) in [6.07, 6.45) is 9.58. The number of nitrogens with one attached hydrogen (secondary N) is 1. The van der Waals surface area contributed by atoms with Crippen LogP contribution < -0.4 is 5.32 Å². The fourth-order valence-corrected chi connectivity index (χ4v) is 4.48. The number of aryl methyl sites for hydroxylation is 1. The molecule has 2 aromatic heterocycles. The highest BCUT2D eigenvalue weighted by Crippen LogP contribution is 2.38. The van der Waals surface area contributed by atoms with Gasteiger partial charge in [-0.2, -0.15) is 0 Å². The number of fused-ring (bicyclic) bond motifs is 1. The average molecular weight is 466 g/mol. The third-order valence-electron chi connectivity index (χ3n) is 6.70. The number of carbonyl (C=O) groups excluding carboxylic acids is 1. The van der Waals surface area contributed by atoms with E-state index >= 15 is 0 Å². The van der Waals surface area contributed by atoms with E-state index in [0.717, 1.165) is 76.8 Å². The molecule has 5 rings (SSSR count). The number of hydrogen-bond acceptors (Lipinski definition) is 5. The number of rotatable bonds is 10. The van der Waals surface area contributed by atoms with Crippen molar-refractivity contribution in [2.24, 2.45) is 5.92 Å². The molecule has 1 saturated carbocycles. The normalized spacial score (nSPS) is 13.2. The quantitative estimate of drug-likeness (QED) is 0.250. The predicted molar refractivity (Wildman–Crippen MR) is 141 cm³/mol. The van der Waals surface area contributed by atoms with Crippen molar-refractivity contribution < 1.29 is 9.90 Å². The predicted octanol–water partition coefficient (Wildman–Crippen LogP) is 6.86. The molecule has 0 radical (unpaired) electrons. The van der Waals surface area contributed by atoms with Gasteiger partial charge in [-0.05, 0) is 73.1 Å². The van der Waals surface area contributed by atoms with E-state index in [1.54, 1.807) is 6.20 Å². The molecule has 0 spiro atoms. The molecule has 2 N–H and O–H groups in total. The van der Waals surface area contributed by atoms with E-state index in [0.29, 0.717) is 17.9 Å². The zero-order valence-corrected chi connectivity index (χ0v) is 20.1. The highest BCUT2D eigenvalue weighted by molar-refractivity contribution is 6.10. The first-order valence-electron chi connectivity index (χ1n) is 12.5. The lowest BCUT2D eigenvalue weighted by molar-refractivity contribution is 0.0976. The van der Waals surface area contributed by atoms with Gasteiger partial charge >= 0.3 is 0 Å². The molecule has 0 atom stereocenters. The van der Waals surface area contributed by atoms with Crippen LogP contribution in [0.25, 0.3) is 22.0 Å². The van der Waals surface area contributed by atoms with Crippen LogP contribution in [0.3, 0.4) is 0 Å². The van der Waals surface area contributed by atoms with Crippen molar-refractivity contribution >= 4 is 28.1 Å². The number of unbranched alkanes of at least 4 members (excludes halogenated alkanes) is 1. The van der Waals surface area contributed by atoms with E-state index in [1.165, 1.54) is 0 Å². The lowest BCUT2D eigenvalue weighted by Gasteiger charge is -2.17. The third kappa shape index (κ3) is 5.25. The van der Waals surface area contributed by atoms with Gasteiger partial charge in [0.1, 0.15) is 0 Å². The first kappa shape index (κ1) is 23.2. The smallest absolute Gasteiger partial charge is 0.166 e. The van der Waals surface area contributed by atoms with E-state index in [2.05, 4.69) is 34.3 Å². The molecule has 0 saturated heterocycles. The molecule has 0 unspecified atom stereocenters. The molecule has 1 fully saturated rings. The largest absolute Gasteiger partial charge is 0.392 e. The van der Waals surface area contributed by atoms with Gasteiger partial charge in [-0.15, -0.1) is 0 Å². The van der Waals surface area contributed by atoms with Gasteiger partial charge < -0.3 is 10.4 Å². The highest BCUT2D eigenvalue weighted by Gasteiger charge is 2.27. The van der Waals surface area contributed by atoms with Crippen LogP contribution in [0.5, 0.6) is 0 Å². The second-order valence-corrected chi connectivity index (χ2v) is 9.43. The van der Waals surface area contributed by atoms with Gasteiger partial charge in [0.25, 0.3) is 0 Å². The number of aliphatic hydroxyl groups is 1. The van der Waals surface area contributed by atoms with E-state index in [4.69, 9.17) is 0 Å². The van der Waals surface area contributed by atoms with Crippen LogP contribution in [0, 0.1) is 5.92 Å². The number of aromatic nitrogens is 2.